The smallest absolute Gasteiger partial charge is 0.249 e. The molecule has 1 fully saturated rings. The van der Waals surface area contributed by atoms with E-state index in [0.717, 1.165) is 23.6 Å². The van der Waals surface area contributed by atoms with Crippen LogP contribution in [-0.4, -0.2) is 31.0 Å². The standard InChI is InChI=1S/C22H26N4O4S/c1-14(2)20(22-25-21(26-30-22)16-7-8-16)24-19(27)11-12-23-31(28,29)18-10-9-15-5-3-4-6-17(15)13-18/h3-6,9-10,13-14,16,20,23H,7-8,11-12H2,1-2H3,(H,24,27). The topological polar surface area (TPSA) is 114 Å². The van der Waals surface area contributed by atoms with E-state index < -0.39 is 16.1 Å². The van der Waals surface area contributed by atoms with Crippen LogP contribution in [0.4, 0.5) is 0 Å². The Kier molecular flexibility index (Phi) is 6.06. The number of nitrogens with zero attached hydrogens (tertiary/aromatic N) is 2. The number of aromatic nitrogens is 2. The quantitative estimate of drug-likeness (QED) is 0.526. The Morgan fingerprint density at radius 2 is 1.90 bits per heavy atom. The van der Waals surface area contributed by atoms with E-state index in [2.05, 4.69) is 20.2 Å². The molecule has 1 atom stereocenters. The van der Waals surface area contributed by atoms with E-state index in [1.54, 1.807) is 18.2 Å². The minimum Gasteiger partial charge on any atom is -0.344 e. The molecule has 1 aliphatic carbocycles. The van der Waals surface area contributed by atoms with Crippen molar-refractivity contribution in [3.63, 3.8) is 0 Å². The van der Waals surface area contributed by atoms with E-state index in [1.807, 2.05) is 38.1 Å². The molecule has 1 heterocycles. The molecule has 0 aliphatic heterocycles. The van der Waals surface area contributed by atoms with Crippen LogP contribution in [0, 0.1) is 5.92 Å². The predicted molar refractivity (Wildman–Crippen MR) is 116 cm³/mol. The van der Waals surface area contributed by atoms with E-state index in [-0.39, 0.29) is 29.7 Å². The van der Waals surface area contributed by atoms with Crippen LogP contribution >= 0.6 is 0 Å². The van der Waals surface area contributed by atoms with Crippen LogP contribution in [0.5, 0.6) is 0 Å². The third-order valence-corrected chi connectivity index (χ3v) is 6.78. The first kappa shape index (κ1) is 21.5. The van der Waals surface area contributed by atoms with Crippen LogP contribution in [0.15, 0.2) is 51.9 Å². The van der Waals surface area contributed by atoms with Gasteiger partial charge in [-0.3, -0.25) is 4.79 Å². The molecule has 1 aromatic heterocycles. The van der Waals surface area contributed by atoms with Gasteiger partial charge in [0.05, 0.1) is 4.90 Å². The highest BCUT2D eigenvalue weighted by Crippen LogP contribution is 2.38. The number of carbonyl (C=O) groups excluding carboxylic acids is 1. The molecular formula is C22H26N4O4S. The Labute approximate surface area is 181 Å². The minimum absolute atomic E-state index is 0.000347. The molecule has 1 unspecified atom stereocenters. The molecule has 0 radical (unpaired) electrons. The maximum atomic E-state index is 12.6. The van der Waals surface area contributed by atoms with Gasteiger partial charge in [0.2, 0.25) is 21.8 Å². The zero-order valence-corrected chi connectivity index (χ0v) is 18.4. The summed E-state index contributed by atoms with van der Waals surface area (Å²) < 4.78 is 33.1. The van der Waals surface area contributed by atoms with Crippen LogP contribution in [0.2, 0.25) is 0 Å². The van der Waals surface area contributed by atoms with Gasteiger partial charge in [-0.1, -0.05) is 49.3 Å². The molecule has 1 aliphatic rings. The van der Waals surface area contributed by atoms with Gasteiger partial charge in [-0.25, -0.2) is 13.1 Å². The molecule has 8 nitrogen and oxygen atoms in total. The fraction of sp³-hybridized carbons (Fsp3) is 0.409. The lowest BCUT2D eigenvalue weighted by Crippen LogP contribution is -2.35. The van der Waals surface area contributed by atoms with E-state index in [4.69, 9.17) is 4.52 Å². The summed E-state index contributed by atoms with van der Waals surface area (Å²) in [6.07, 6.45) is 2.13. The molecule has 3 aromatic rings. The zero-order valence-electron chi connectivity index (χ0n) is 17.5. The molecule has 1 saturated carbocycles. The second-order valence-electron chi connectivity index (χ2n) is 8.21. The van der Waals surface area contributed by atoms with E-state index in [0.29, 0.717) is 17.6 Å². The van der Waals surface area contributed by atoms with Crippen molar-refractivity contribution in [1.29, 1.82) is 0 Å². The molecule has 0 spiro atoms. The predicted octanol–water partition coefficient (Wildman–Crippen LogP) is 3.28. The van der Waals surface area contributed by atoms with Crippen molar-refractivity contribution in [1.82, 2.24) is 20.2 Å². The van der Waals surface area contributed by atoms with Crippen molar-refractivity contribution in [2.75, 3.05) is 6.54 Å². The summed E-state index contributed by atoms with van der Waals surface area (Å²) in [7, 11) is -3.71. The highest BCUT2D eigenvalue weighted by Gasteiger charge is 2.31. The van der Waals surface area contributed by atoms with Gasteiger partial charge < -0.3 is 9.84 Å². The monoisotopic (exact) mass is 442 g/mol. The number of hydrogen-bond acceptors (Lipinski definition) is 6. The number of benzene rings is 2. The second-order valence-corrected chi connectivity index (χ2v) is 9.98. The van der Waals surface area contributed by atoms with Crippen molar-refractivity contribution < 1.29 is 17.7 Å². The summed E-state index contributed by atoms with van der Waals surface area (Å²) >= 11 is 0. The summed E-state index contributed by atoms with van der Waals surface area (Å²) in [6, 6.07) is 12.1. The van der Waals surface area contributed by atoms with Crippen LogP contribution in [-0.2, 0) is 14.8 Å². The first-order chi connectivity index (χ1) is 14.8. The number of fused-ring (bicyclic) bond motifs is 1. The van der Waals surface area contributed by atoms with Gasteiger partial charge in [-0.2, -0.15) is 4.98 Å². The number of rotatable bonds is 9. The summed E-state index contributed by atoms with van der Waals surface area (Å²) in [5.41, 5.74) is 0. The molecule has 2 N–H and O–H groups in total. The van der Waals surface area contributed by atoms with Crippen molar-refractivity contribution >= 4 is 26.7 Å². The van der Waals surface area contributed by atoms with Gasteiger partial charge >= 0.3 is 0 Å². The van der Waals surface area contributed by atoms with Gasteiger partial charge in [0.15, 0.2) is 5.82 Å². The summed E-state index contributed by atoms with van der Waals surface area (Å²) in [5, 5.41) is 8.70. The first-order valence-corrected chi connectivity index (χ1v) is 11.9. The Morgan fingerprint density at radius 1 is 1.16 bits per heavy atom. The van der Waals surface area contributed by atoms with Crippen molar-refractivity contribution in [3.8, 4) is 0 Å². The van der Waals surface area contributed by atoms with Gasteiger partial charge in [-0.15, -0.1) is 0 Å². The molecule has 0 bridgehead atoms. The van der Waals surface area contributed by atoms with Gasteiger partial charge in [-0.05, 0) is 41.7 Å². The van der Waals surface area contributed by atoms with E-state index in [9.17, 15) is 13.2 Å². The number of carbonyl (C=O) groups is 1. The number of nitrogens with one attached hydrogen (secondary N) is 2. The normalized spacial score (nSPS) is 15.3. The van der Waals surface area contributed by atoms with Crippen molar-refractivity contribution in [2.45, 2.75) is 50.0 Å². The molecule has 2 aromatic carbocycles. The average molecular weight is 443 g/mol. The largest absolute Gasteiger partial charge is 0.344 e. The van der Waals surface area contributed by atoms with Crippen LogP contribution in [0.25, 0.3) is 10.8 Å². The van der Waals surface area contributed by atoms with E-state index in [1.165, 1.54) is 0 Å². The number of sulfonamides is 1. The van der Waals surface area contributed by atoms with Crippen LogP contribution < -0.4 is 10.0 Å². The lowest BCUT2D eigenvalue weighted by Gasteiger charge is -2.18. The molecular weight excluding hydrogens is 416 g/mol. The third kappa shape index (κ3) is 5.11. The Bertz CT molecular complexity index is 1180. The van der Waals surface area contributed by atoms with Crippen LogP contribution in [0.1, 0.15) is 56.8 Å². The highest BCUT2D eigenvalue weighted by atomic mass is 32.2. The summed E-state index contributed by atoms with van der Waals surface area (Å²) in [4.78, 5) is 17.0. The summed E-state index contributed by atoms with van der Waals surface area (Å²) in [6.45, 7) is 3.89. The molecule has 1 amide bonds. The number of amides is 1. The van der Waals surface area contributed by atoms with E-state index >= 15 is 0 Å². The first-order valence-electron chi connectivity index (χ1n) is 10.4. The average Bonchev–Trinajstić information content (AvgIpc) is 3.48. The highest BCUT2D eigenvalue weighted by molar-refractivity contribution is 7.89. The zero-order chi connectivity index (χ0) is 22.0. The Hall–Kier alpha value is -2.78. The van der Waals surface area contributed by atoms with Gasteiger partial charge in [0, 0.05) is 18.9 Å². The summed E-state index contributed by atoms with van der Waals surface area (Å²) in [5.74, 6) is 1.21. The number of hydrogen-bond donors (Lipinski definition) is 2. The Morgan fingerprint density at radius 3 is 2.61 bits per heavy atom. The molecule has 164 valence electrons. The van der Waals surface area contributed by atoms with Crippen molar-refractivity contribution in [3.05, 3.63) is 54.2 Å². The molecule has 9 heteroatoms. The lowest BCUT2D eigenvalue weighted by molar-refractivity contribution is -0.122. The lowest BCUT2D eigenvalue weighted by atomic mass is 10.0. The molecule has 31 heavy (non-hydrogen) atoms. The third-order valence-electron chi connectivity index (χ3n) is 5.32. The SMILES string of the molecule is CC(C)C(NC(=O)CCNS(=O)(=O)c1ccc2ccccc2c1)c1nc(C2CC2)no1. The maximum absolute atomic E-state index is 12.6. The fourth-order valence-corrected chi connectivity index (χ4v) is 4.42. The minimum atomic E-state index is -3.71. The van der Waals surface area contributed by atoms with Gasteiger partial charge in [0.1, 0.15) is 6.04 Å². The molecule has 4 rings (SSSR count). The second kappa shape index (κ2) is 8.76. The van der Waals surface area contributed by atoms with Crippen molar-refractivity contribution in [2.24, 2.45) is 5.92 Å². The van der Waals surface area contributed by atoms with Gasteiger partial charge in [0.25, 0.3) is 0 Å². The Balaban J connectivity index is 1.34. The molecule has 0 saturated heterocycles. The maximum Gasteiger partial charge on any atom is 0.249 e. The fourth-order valence-electron chi connectivity index (χ4n) is 3.36. The van der Waals surface area contributed by atoms with Crippen LogP contribution in [0.3, 0.4) is 0 Å².